The summed E-state index contributed by atoms with van der Waals surface area (Å²) in [5, 5.41) is 5.67. The monoisotopic (exact) mass is 255 g/mol. The number of hydrogen-bond donors (Lipinski definition) is 2. The van der Waals surface area contributed by atoms with Crippen molar-refractivity contribution in [3.63, 3.8) is 0 Å². The van der Waals surface area contributed by atoms with Gasteiger partial charge in [-0.3, -0.25) is 14.9 Å². The number of rotatable bonds is 2. The zero-order valence-electron chi connectivity index (χ0n) is 11.0. The van der Waals surface area contributed by atoms with E-state index in [9.17, 15) is 9.59 Å². The van der Waals surface area contributed by atoms with E-state index in [1.54, 1.807) is 7.11 Å². The van der Waals surface area contributed by atoms with Crippen molar-refractivity contribution in [1.29, 1.82) is 0 Å². The molecule has 2 rings (SSSR count). The van der Waals surface area contributed by atoms with Gasteiger partial charge >= 0.3 is 0 Å². The van der Waals surface area contributed by atoms with Crippen LogP contribution in [0.3, 0.4) is 0 Å². The second kappa shape index (κ2) is 5.24. The number of piperazine rings is 1. The highest BCUT2D eigenvalue weighted by atomic mass is 16.5. The largest absolute Gasteiger partial charge is 0.377 e. The van der Waals surface area contributed by atoms with Gasteiger partial charge in [-0.15, -0.1) is 0 Å². The molecule has 2 unspecified atom stereocenters. The third-order valence-electron chi connectivity index (χ3n) is 3.77. The van der Waals surface area contributed by atoms with Gasteiger partial charge in [0.15, 0.2) is 0 Å². The van der Waals surface area contributed by atoms with Crippen LogP contribution in [0, 0.1) is 0 Å². The molecule has 102 valence electrons. The van der Waals surface area contributed by atoms with Crippen LogP contribution in [0.5, 0.6) is 0 Å². The Morgan fingerprint density at radius 3 is 2.94 bits per heavy atom. The van der Waals surface area contributed by atoms with Gasteiger partial charge in [0.1, 0.15) is 6.04 Å². The molecule has 2 N–H and O–H groups in total. The van der Waals surface area contributed by atoms with E-state index in [-0.39, 0.29) is 30.0 Å². The molecule has 0 aromatic heterocycles. The second-order valence-electron chi connectivity index (χ2n) is 5.25. The summed E-state index contributed by atoms with van der Waals surface area (Å²) in [6.45, 7) is 4.00. The molecule has 2 aliphatic rings. The third-order valence-corrected chi connectivity index (χ3v) is 3.77. The number of nitrogens with zero attached hydrogens (tertiary/aromatic N) is 1. The summed E-state index contributed by atoms with van der Waals surface area (Å²) in [5.74, 6) is -0.00241. The molecular weight excluding hydrogens is 234 g/mol. The van der Waals surface area contributed by atoms with E-state index in [0.717, 1.165) is 19.4 Å². The van der Waals surface area contributed by atoms with Gasteiger partial charge in [-0.05, 0) is 19.8 Å². The number of methoxy groups -OCH3 is 1. The molecule has 0 aliphatic carbocycles. The van der Waals surface area contributed by atoms with E-state index in [4.69, 9.17) is 4.74 Å². The Balaban J connectivity index is 1.94. The lowest BCUT2D eigenvalue weighted by Gasteiger charge is -2.41. The standard InChI is InChI=1S/C12H21N3O3/c1-12(18-2)4-3-5-15(8-12)11(17)9-6-14-10(16)7-13-9/h9,13H,3-8H2,1-2H3,(H,14,16). The molecule has 6 nitrogen and oxygen atoms in total. The van der Waals surface area contributed by atoms with E-state index in [0.29, 0.717) is 13.1 Å². The first kappa shape index (κ1) is 13.3. The number of piperidine rings is 1. The quantitative estimate of drug-likeness (QED) is 0.671. The van der Waals surface area contributed by atoms with E-state index < -0.39 is 0 Å². The van der Waals surface area contributed by atoms with E-state index in [1.165, 1.54) is 0 Å². The van der Waals surface area contributed by atoms with Gasteiger partial charge in [-0.25, -0.2) is 0 Å². The zero-order valence-corrected chi connectivity index (χ0v) is 11.0. The number of carbonyl (C=O) groups is 2. The van der Waals surface area contributed by atoms with Gasteiger partial charge in [0.05, 0.1) is 12.1 Å². The van der Waals surface area contributed by atoms with Gasteiger partial charge in [0, 0.05) is 26.7 Å². The van der Waals surface area contributed by atoms with Gasteiger partial charge in [0.25, 0.3) is 0 Å². The first-order valence-electron chi connectivity index (χ1n) is 6.38. The number of hydrogen-bond acceptors (Lipinski definition) is 4. The molecule has 2 atom stereocenters. The number of amides is 2. The first-order chi connectivity index (χ1) is 8.54. The lowest BCUT2D eigenvalue weighted by Crippen LogP contribution is -2.61. The highest BCUT2D eigenvalue weighted by Crippen LogP contribution is 2.24. The zero-order chi connectivity index (χ0) is 13.2. The summed E-state index contributed by atoms with van der Waals surface area (Å²) in [6, 6.07) is -0.304. The molecule has 2 aliphatic heterocycles. The maximum absolute atomic E-state index is 12.3. The molecule has 2 saturated heterocycles. The van der Waals surface area contributed by atoms with Crippen molar-refractivity contribution in [2.24, 2.45) is 0 Å². The fourth-order valence-corrected chi connectivity index (χ4v) is 2.52. The SMILES string of the molecule is COC1(C)CCCN(C(=O)C2CNC(=O)CN2)C1. The maximum Gasteiger partial charge on any atom is 0.241 e. The van der Waals surface area contributed by atoms with Crippen LogP contribution in [0.1, 0.15) is 19.8 Å². The molecule has 2 heterocycles. The fraction of sp³-hybridized carbons (Fsp3) is 0.833. The van der Waals surface area contributed by atoms with Gasteiger partial charge in [0.2, 0.25) is 11.8 Å². The number of ether oxygens (including phenoxy) is 1. The fourth-order valence-electron chi connectivity index (χ4n) is 2.52. The van der Waals surface area contributed by atoms with Gasteiger partial charge in [-0.2, -0.15) is 0 Å². The van der Waals surface area contributed by atoms with Crippen molar-refractivity contribution in [1.82, 2.24) is 15.5 Å². The number of carbonyl (C=O) groups excluding carboxylic acids is 2. The van der Waals surface area contributed by atoms with Crippen molar-refractivity contribution in [3.8, 4) is 0 Å². The molecule has 6 heteroatoms. The molecule has 2 fully saturated rings. The van der Waals surface area contributed by atoms with Crippen LogP contribution >= 0.6 is 0 Å². The minimum atomic E-state index is -0.304. The predicted octanol–water partition coefficient (Wildman–Crippen LogP) is -0.898. The number of nitrogens with one attached hydrogen (secondary N) is 2. The van der Waals surface area contributed by atoms with Crippen LogP contribution in [0.2, 0.25) is 0 Å². The van der Waals surface area contributed by atoms with Gasteiger partial charge in [-0.1, -0.05) is 0 Å². The summed E-state index contributed by atoms with van der Waals surface area (Å²) in [7, 11) is 1.69. The molecule has 2 amide bonds. The van der Waals surface area contributed by atoms with Crippen molar-refractivity contribution < 1.29 is 14.3 Å². The van der Waals surface area contributed by atoms with Crippen molar-refractivity contribution in [2.75, 3.05) is 33.3 Å². The lowest BCUT2D eigenvalue weighted by molar-refractivity contribution is -0.142. The first-order valence-corrected chi connectivity index (χ1v) is 6.38. The van der Waals surface area contributed by atoms with Gasteiger partial charge < -0.3 is 15.0 Å². The molecular formula is C12H21N3O3. The molecule has 0 aromatic carbocycles. The summed E-state index contributed by atoms with van der Waals surface area (Å²) in [5.41, 5.74) is -0.244. The molecule has 18 heavy (non-hydrogen) atoms. The highest BCUT2D eigenvalue weighted by molar-refractivity contribution is 5.86. The van der Waals surface area contributed by atoms with E-state index >= 15 is 0 Å². The minimum Gasteiger partial charge on any atom is -0.377 e. The smallest absolute Gasteiger partial charge is 0.241 e. The van der Waals surface area contributed by atoms with Crippen LogP contribution in [0.15, 0.2) is 0 Å². The predicted molar refractivity (Wildman–Crippen MR) is 66.0 cm³/mol. The minimum absolute atomic E-state index is 0.0537. The summed E-state index contributed by atoms with van der Waals surface area (Å²) in [4.78, 5) is 25.2. The van der Waals surface area contributed by atoms with Crippen LogP contribution in [0.4, 0.5) is 0 Å². The number of likely N-dealkylation sites (tertiary alicyclic amines) is 1. The van der Waals surface area contributed by atoms with Crippen LogP contribution in [-0.2, 0) is 14.3 Å². The van der Waals surface area contributed by atoms with Crippen LogP contribution in [0.25, 0.3) is 0 Å². The molecule has 0 bridgehead atoms. The van der Waals surface area contributed by atoms with Crippen molar-refractivity contribution >= 4 is 11.8 Å². The van der Waals surface area contributed by atoms with Crippen molar-refractivity contribution in [2.45, 2.75) is 31.4 Å². The molecule has 0 spiro atoms. The topological polar surface area (TPSA) is 70.7 Å². The molecule has 0 saturated carbocycles. The van der Waals surface area contributed by atoms with E-state index in [2.05, 4.69) is 10.6 Å². The van der Waals surface area contributed by atoms with E-state index in [1.807, 2.05) is 11.8 Å². The summed E-state index contributed by atoms with van der Waals surface area (Å²) >= 11 is 0. The highest BCUT2D eigenvalue weighted by Gasteiger charge is 2.36. The Bertz CT molecular complexity index is 337. The summed E-state index contributed by atoms with van der Waals surface area (Å²) < 4.78 is 5.48. The van der Waals surface area contributed by atoms with Crippen LogP contribution in [-0.4, -0.2) is 61.6 Å². The summed E-state index contributed by atoms with van der Waals surface area (Å²) in [6.07, 6.45) is 1.93. The Morgan fingerprint density at radius 1 is 1.56 bits per heavy atom. The molecule has 0 radical (unpaired) electrons. The van der Waals surface area contributed by atoms with Crippen LogP contribution < -0.4 is 10.6 Å². The lowest BCUT2D eigenvalue weighted by atomic mass is 9.94. The maximum atomic E-state index is 12.3. The average molecular weight is 255 g/mol. The third kappa shape index (κ3) is 2.81. The second-order valence-corrected chi connectivity index (χ2v) is 5.25. The Morgan fingerprint density at radius 2 is 2.33 bits per heavy atom. The Kier molecular flexibility index (Phi) is 3.87. The Hall–Kier alpha value is -1.14. The van der Waals surface area contributed by atoms with Crippen molar-refractivity contribution in [3.05, 3.63) is 0 Å². The molecule has 0 aromatic rings. The normalized spacial score (nSPS) is 33.1. The Labute approximate surface area is 107 Å². The average Bonchev–Trinajstić information content (AvgIpc) is 2.39.